The zero-order valence-corrected chi connectivity index (χ0v) is 15.7. The van der Waals surface area contributed by atoms with Crippen molar-refractivity contribution in [3.05, 3.63) is 18.3 Å². The molecule has 1 saturated heterocycles. The molecular weight excluding hydrogens is 326 g/mol. The number of nitrogens with zero attached hydrogens (tertiary/aromatic N) is 2. The van der Waals surface area contributed by atoms with E-state index in [1.54, 1.807) is 39.1 Å². The number of sulfone groups is 1. The summed E-state index contributed by atoms with van der Waals surface area (Å²) < 4.78 is 24.0. The van der Waals surface area contributed by atoms with Crippen LogP contribution in [0.25, 0.3) is 0 Å². The standard InChI is InChI=1S/C17H27N3O3S/c1-5-18-16(21)13-7-6-10-20(12-13)14-8-9-15(19-11-14)24(22,23)17(2,3)4/h8-9,11,13H,5-7,10,12H2,1-4H3,(H,18,21). The second-order valence-electron chi connectivity index (χ2n) is 7.15. The van der Waals surface area contributed by atoms with Crippen LogP contribution >= 0.6 is 0 Å². The number of aromatic nitrogens is 1. The van der Waals surface area contributed by atoms with Gasteiger partial charge in [-0.15, -0.1) is 0 Å². The van der Waals surface area contributed by atoms with Gasteiger partial charge in [-0.1, -0.05) is 0 Å². The van der Waals surface area contributed by atoms with Gasteiger partial charge in [0.05, 0.1) is 22.5 Å². The summed E-state index contributed by atoms with van der Waals surface area (Å²) in [6, 6.07) is 3.34. The Morgan fingerprint density at radius 2 is 2.08 bits per heavy atom. The lowest BCUT2D eigenvalue weighted by Gasteiger charge is -2.33. The Kier molecular flexibility index (Phi) is 5.52. The van der Waals surface area contributed by atoms with E-state index >= 15 is 0 Å². The van der Waals surface area contributed by atoms with Crippen molar-refractivity contribution >= 4 is 21.4 Å². The molecule has 0 spiro atoms. The van der Waals surface area contributed by atoms with Crippen molar-refractivity contribution in [1.29, 1.82) is 0 Å². The molecule has 0 radical (unpaired) electrons. The summed E-state index contributed by atoms with van der Waals surface area (Å²) in [5, 5.41) is 2.97. The Morgan fingerprint density at radius 3 is 2.62 bits per heavy atom. The molecule has 1 unspecified atom stereocenters. The molecule has 0 bridgehead atoms. The van der Waals surface area contributed by atoms with Crippen LogP contribution in [-0.2, 0) is 14.6 Å². The van der Waals surface area contributed by atoms with E-state index in [1.807, 2.05) is 6.92 Å². The molecule has 134 valence electrons. The molecule has 1 amide bonds. The monoisotopic (exact) mass is 353 g/mol. The molecule has 0 saturated carbocycles. The fourth-order valence-corrected chi connectivity index (χ4v) is 3.84. The first-order valence-electron chi connectivity index (χ1n) is 8.40. The smallest absolute Gasteiger partial charge is 0.224 e. The molecule has 2 heterocycles. The number of carbonyl (C=O) groups is 1. The van der Waals surface area contributed by atoms with E-state index in [9.17, 15) is 13.2 Å². The van der Waals surface area contributed by atoms with E-state index in [-0.39, 0.29) is 16.9 Å². The zero-order chi connectivity index (χ0) is 18.0. The first kappa shape index (κ1) is 18.7. The molecule has 6 nitrogen and oxygen atoms in total. The molecule has 1 aliphatic heterocycles. The zero-order valence-electron chi connectivity index (χ0n) is 14.9. The predicted molar refractivity (Wildman–Crippen MR) is 94.8 cm³/mol. The number of rotatable bonds is 4. The molecule has 1 N–H and O–H groups in total. The van der Waals surface area contributed by atoms with Crippen LogP contribution in [-0.4, -0.2) is 43.7 Å². The second-order valence-corrected chi connectivity index (χ2v) is 9.80. The maximum absolute atomic E-state index is 12.4. The van der Waals surface area contributed by atoms with Gasteiger partial charge >= 0.3 is 0 Å². The Bertz CT molecular complexity index is 678. The van der Waals surface area contributed by atoms with Gasteiger partial charge in [-0.05, 0) is 52.7 Å². The number of amides is 1. The minimum absolute atomic E-state index is 0.0308. The van der Waals surface area contributed by atoms with Crippen molar-refractivity contribution in [2.75, 3.05) is 24.5 Å². The van der Waals surface area contributed by atoms with Crippen LogP contribution in [0.4, 0.5) is 5.69 Å². The average molecular weight is 353 g/mol. The molecule has 1 aliphatic rings. The van der Waals surface area contributed by atoms with Gasteiger partial charge in [0.1, 0.15) is 0 Å². The van der Waals surface area contributed by atoms with Crippen LogP contribution in [0.5, 0.6) is 0 Å². The van der Waals surface area contributed by atoms with Crippen molar-refractivity contribution in [3.8, 4) is 0 Å². The van der Waals surface area contributed by atoms with Gasteiger partial charge in [0.25, 0.3) is 0 Å². The largest absolute Gasteiger partial charge is 0.369 e. The molecule has 1 aromatic heterocycles. The van der Waals surface area contributed by atoms with Crippen LogP contribution in [0.1, 0.15) is 40.5 Å². The summed E-state index contributed by atoms with van der Waals surface area (Å²) in [7, 11) is -3.45. The van der Waals surface area contributed by atoms with E-state index < -0.39 is 14.6 Å². The van der Waals surface area contributed by atoms with Crippen molar-refractivity contribution in [3.63, 3.8) is 0 Å². The van der Waals surface area contributed by atoms with E-state index in [4.69, 9.17) is 0 Å². The van der Waals surface area contributed by atoms with E-state index in [0.717, 1.165) is 25.1 Å². The molecule has 24 heavy (non-hydrogen) atoms. The minimum atomic E-state index is -3.45. The molecule has 0 aliphatic carbocycles. The normalized spacial score (nSPS) is 19.2. The highest BCUT2D eigenvalue weighted by Gasteiger charge is 2.32. The van der Waals surface area contributed by atoms with Crippen molar-refractivity contribution in [2.24, 2.45) is 5.92 Å². The van der Waals surface area contributed by atoms with Crippen molar-refractivity contribution in [1.82, 2.24) is 10.3 Å². The van der Waals surface area contributed by atoms with Gasteiger partial charge in [-0.25, -0.2) is 13.4 Å². The molecule has 1 fully saturated rings. The highest BCUT2D eigenvalue weighted by atomic mass is 32.2. The maximum Gasteiger partial charge on any atom is 0.224 e. The van der Waals surface area contributed by atoms with Crippen LogP contribution in [0.2, 0.25) is 0 Å². The lowest BCUT2D eigenvalue weighted by atomic mass is 9.97. The summed E-state index contributed by atoms with van der Waals surface area (Å²) in [6.07, 6.45) is 3.41. The molecular formula is C17H27N3O3S. The number of anilines is 1. The fraction of sp³-hybridized carbons (Fsp3) is 0.647. The average Bonchev–Trinajstić information content (AvgIpc) is 2.54. The van der Waals surface area contributed by atoms with Gasteiger partial charge in [0.2, 0.25) is 5.91 Å². The third-order valence-electron chi connectivity index (χ3n) is 4.31. The Labute approximate surface area is 144 Å². The summed E-state index contributed by atoms with van der Waals surface area (Å²) in [4.78, 5) is 18.3. The van der Waals surface area contributed by atoms with E-state index in [0.29, 0.717) is 13.1 Å². The van der Waals surface area contributed by atoms with Gasteiger partial charge in [0.15, 0.2) is 14.9 Å². The quantitative estimate of drug-likeness (QED) is 0.896. The van der Waals surface area contributed by atoms with Crippen LogP contribution in [0.3, 0.4) is 0 Å². The van der Waals surface area contributed by atoms with Crippen molar-refractivity contribution in [2.45, 2.75) is 50.3 Å². The van der Waals surface area contributed by atoms with Gasteiger partial charge < -0.3 is 10.2 Å². The summed E-state index contributed by atoms with van der Waals surface area (Å²) in [5.41, 5.74) is 0.858. The van der Waals surface area contributed by atoms with Crippen LogP contribution < -0.4 is 10.2 Å². The van der Waals surface area contributed by atoms with Crippen LogP contribution in [0.15, 0.2) is 23.4 Å². The minimum Gasteiger partial charge on any atom is -0.369 e. The number of nitrogens with one attached hydrogen (secondary N) is 1. The number of carbonyl (C=O) groups excluding carboxylic acids is 1. The molecule has 1 atom stereocenters. The lowest BCUT2D eigenvalue weighted by Crippen LogP contribution is -2.43. The molecule has 0 aromatic carbocycles. The summed E-state index contributed by atoms with van der Waals surface area (Å²) in [5.74, 6) is 0.0544. The highest BCUT2D eigenvalue weighted by Crippen LogP contribution is 2.27. The third-order valence-corrected chi connectivity index (χ3v) is 6.72. The first-order chi connectivity index (χ1) is 11.2. The number of hydrogen-bond acceptors (Lipinski definition) is 5. The topological polar surface area (TPSA) is 79.4 Å². The van der Waals surface area contributed by atoms with Gasteiger partial charge in [-0.3, -0.25) is 4.79 Å². The Morgan fingerprint density at radius 1 is 1.38 bits per heavy atom. The van der Waals surface area contributed by atoms with Gasteiger partial charge in [0, 0.05) is 19.6 Å². The lowest BCUT2D eigenvalue weighted by molar-refractivity contribution is -0.125. The van der Waals surface area contributed by atoms with Crippen molar-refractivity contribution < 1.29 is 13.2 Å². The van der Waals surface area contributed by atoms with Crippen LogP contribution in [0, 0.1) is 5.92 Å². The predicted octanol–water partition coefficient (Wildman–Crippen LogP) is 2.01. The molecule has 2 rings (SSSR count). The summed E-state index contributed by atoms with van der Waals surface area (Å²) in [6.45, 7) is 9.04. The fourth-order valence-electron chi connectivity index (χ4n) is 2.78. The Hall–Kier alpha value is -1.63. The molecule has 7 heteroatoms. The number of piperidine rings is 1. The van der Waals surface area contributed by atoms with E-state index in [2.05, 4.69) is 15.2 Å². The second kappa shape index (κ2) is 7.09. The Balaban J connectivity index is 2.15. The molecule has 1 aromatic rings. The summed E-state index contributed by atoms with van der Waals surface area (Å²) >= 11 is 0. The highest BCUT2D eigenvalue weighted by molar-refractivity contribution is 7.92. The first-order valence-corrected chi connectivity index (χ1v) is 9.88. The maximum atomic E-state index is 12.4. The van der Waals surface area contributed by atoms with E-state index in [1.165, 1.54) is 0 Å². The number of hydrogen-bond donors (Lipinski definition) is 1. The third kappa shape index (κ3) is 3.88. The SMILES string of the molecule is CCNC(=O)C1CCCN(c2ccc(S(=O)(=O)C(C)(C)C)nc2)C1. The number of pyridine rings is 1. The van der Waals surface area contributed by atoms with Gasteiger partial charge in [-0.2, -0.15) is 0 Å².